The van der Waals surface area contributed by atoms with Crippen molar-refractivity contribution >= 4 is 11.6 Å². The van der Waals surface area contributed by atoms with Gasteiger partial charge >= 0.3 is 0 Å². The molecule has 1 unspecified atom stereocenters. The van der Waals surface area contributed by atoms with E-state index >= 15 is 0 Å². The monoisotopic (exact) mass is 274 g/mol. The zero-order valence-electron chi connectivity index (χ0n) is 12.5. The van der Waals surface area contributed by atoms with Crippen LogP contribution in [0.3, 0.4) is 0 Å². The molecule has 20 heavy (non-hydrogen) atoms. The van der Waals surface area contributed by atoms with E-state index in [0.29, 0.717) is 6.42 Å². The molecule has 1 aliphatic heterocycles. The van der Waals surface area contributed by atoms with Crippen molar-refractivity contribution < 1.29 is 4.79 Å². The number of amides is 1. The highest BCUT2D eigenvalue weighted by Crippen LogP contribution is 2.27. The normalized spacial score (nSPS) is 15.0. The number of unbranched alkanes of at least 4 members (excludes halogenated alkanes) is 5. The van der Waals surface area contributed by atoms with Crippen molar-refractivity contribution in [2.75, 3.05) is 5.32 Å². The lowest BCUT2D eigenvalue weighted by Crippen LogP contribution is -2.10. The maximum Gasteiger partial charge on any atom is 0.228 e. The zero-order chi connectivity index (χ0) is 14.4. The fourth-order valence-electron chi connectivity index (χ4n) is 2.79. The van der Waals surface area contributed by atoms with Crippen LogP contribution in [-0.4, -0.2) is 5.91 Å². The number of benzene rings is 1. The van der Waals surface area contributed by atoms with Gasteiger partial charge in [0.1, 0.15) is 0 Å². The summed E-state index contributed by atoms with van der Waals surface area (Å²) in [6.07, 6.45) is 9.30. The predicted molar refractivity (Wildman–Crippen MR) is 83.7 cm³/mol. The lowest BCUT2D eigenvalue weighted by Gasteiger charge is -2.13. The van der Waals surface area contributed by atoms with Gasteiger partial charge in [0.05, 0.1) is 6.42 Å². The summed E-state index contributed by atoms with van der Waals surface area (Å²) in [4.78, 5) is 11.3. The van der Waals surface area contributed by atoms with E-state index in [1.165, 1.54) is 38.5 Å². The summed E-state index contributed by atoms with van der Waals surface area (Å²) in [5, 5.41) is 2.86. The first-order chi connectivity index (χ1) is 9.70. The Labute approximate surface area is 121 Å². The second kappa shape index (κ2) is 7.44. The van der Waals surface area contributed by atoms with Crippen molar-refractivity contribution in [2.24, 2.45) is 5.73 Å². The average Bonchev–Trinajstić information content (AvgIpc) is 2.81. The van der Waals surface area contributed by atoms with Crippen LogP contribution < -0.4 is 11.1 Å². The first-order valence-corrected chi connectivity index (χ1v) is 7.89. The molecular weight excluding hydrogens is 248 g/mol. The van der Waals surface area contributed by atoms with Gasteiger partial charge in [-0.3, -0.25) is 4.79 Å². The van der Waals surface area contributed by atoms with Crippen molar-refractivity contribution in [2.45, 2.75) is 64.3 Å². The number of nitrogens with two attached hydrogens (primary N) is 1. The fraction of sp³-hybridized carbons (Fsp3) is 0.588. The Hall–Kier alpha value is -1.35. The van der Waals surface area contributed by atoms with Crippen molar-refractivity contribution in [3.63, 3.8) is 0 Å². The summed E-state index contributed by atoms with van der Waals surface area (Å²) < 4.78 is 0. The Kier molecular flexibility index (Phi) is 5.60. The smallest absolute Gasteiger partial charge is 0.228 e. The molecule has 0 saturated heterocycles. The van der Waals surface area contributed by atoms with Crippen LogP contribution in [-0.2, 0) is 11.2 Å². The van der Waals surface area contributed by atoms with Crippen LogP contribution >= 0.6 is 0 Å². The maximum atomic E-state index is 11.3. The molecule has 0 radical (unpaired) electrons. The molecule has 1 aliphatic rings. The number of rotatable bonds is 8. The van der Waals surface area contributed by atoms with Crippen LogP contribution in [0.15, 0.2) is 18.2 Å². The highest BCUT2D eigenvalue weighted by atomic mass is 16.1. The van der Waals surface area contributed by atoms with Gasteiger partial charge in [-0.1, -0.05) is 57.6 Å². The Morgan fingerprint density at radius 3 is 2.75 bits per heavy atom. The SMILES string of the molecule is CCCCCCCCC(N)c1ccc2c(c1)CC(=O)N2. The summed E-state index contributed by atoms with van der Waals surface area (Å²) in [6, 6.07) is 6.22. The molecule has 2 rings (SSSR count). The van der Waals surface area contributed by atoms with Crippen LogP contribution in [0.1, 0.15) is 69.0 Å². The first kappa shape index (κ1) is 15.0. The molecule has 0 bridgehead atoms. The first-order valence-electron chi connectivity index (χ1n) is 7.89. The number of hydrogen-bond acceptors (Lipinski definition) is 2. The molecule has 3 nitrogen and oxygen atoms in total. The van der Waals surface area contributed by atoms with Crippen LogP contribution in [0.4, 0.5) is 5.69 Å². The summed E-state index contributed by atoms with van der Waals surface area (Å²) in [5.41, 5.74) is 9.46. The number of fused-ring (bicyclic) bond motifs is 1. The van der Waals surface area contributed by atoms with Crippen molar-refractivity contribution in [1.29, 1.82) is 0 Å². The Bertz CT molecular complexity index is 456. The van der Waals surface area contributed by atoms with Gasteiger partial charge in [-0.05, 0) is 23.6 Å². The van der Waals surface area contributed by atoms with Gasteiger partial charge in [-0.15, -0.1) is 0 Å². The number of nitrogens with one attached hydrogen (secondary N) is 1. The Morgan fingerprint density at radius 1 is 1.20 bits per heavy atom. The molecule has 0 aliphatic carbocycles. The molecule has 110 valence electrons. The molecule has 1 heterocycles. The van der Waals surface area contributed by atoms with E-state index in [1.807, 2.05) is 12.1 Å². The van der Waals surface area contributed by atoms with E-state index < -0.39 is 0 Å². The third-order valence-electron chi connectivity index (χ3n) is 4.05. The number of anilines is 1. The van der Waals surface area contributed by atoms with Crippen LogP contribution in [0.25, 0.3) is 0 Å². The molecule has 0 fully saturated rings. The van der Waals surface area contributed by atoms with Gasteiger partial charge in [0, 0.05) is 11.7 Å². The number of carbonyl (C=O) groups is 1. The lowest BCUT2D eigenvalue weighted by molar-refractivity contribution is -0.115. The van der Waals surface area contributed by atoms with Crippen LogP contribution in [0.5, 0.6) is 0 Å². The van der Waals surface area contributed by atoms with Gasteiger partial charge < -0.3 is 11.1 Å². The minimum Gasteiger partial charge on any atom is -0.326 e. The van der Waals surface area contributed by atoms with Crippen molar-refractivity contribution in [1.82, 2.24) is 0 Å². The third-order valence-corrected chi connectivity index (χ3v) is 4.05. The standard InChI is InChI=1S/C17H26N2O/c1-2-3-4-5-6-7-8-15(18)13-9-10-16-14(11-13)12-17(20)19-16/h9-11,15H,2-8,12,18H2,1H3,(H,19,20). The largest absolute Gasteiger partial charge is 0.326 e. The van der Waals surface area contributed by atoms with E-state index in [-0.39, 0.29) is 11.9 Å². The molecule has 3 N–H and O–H groups in total. The highest BCUT2D eigenvalue weighted by Gasteiger charge is 2.18. The molecule has 1 amide bonds. The van der Waals surface area contributed by atoms with Crippen LogP contribution in [0.2, 0.25) is 0 Å². The molecule has 1 atom stereocenters. The van der Waals surface area contributed by atoms with Crippen LogP contribution in [0, 0.1) is 0 Å². The number of hydrogen-bond donors (Lipinski definition) is 2. The van der Waals surface area contributed by atoms with Gasteiger partial charge in [0.15, 0.2) is 0 Å². The van der Waals surface area contributed by atoms with E-state index in [9.17, 15) is 4.79 Å². The molecule has 0 spiro atoms. The van der Waals surface area contributed by atoms with E-state index in [2.05, 4.69) is 18.3 Å². The summed E-state index contributed by atoms with van der Waals surface area (Å²) in [6.45, 7) is 2.24. The van der Waals surface area contributed by atoms with Gasteiger partial charge in [-0.2, -0.15) is 0 Å². The lowest BCUT2D eigenvalue weighted by atomic mass is 9.98. The molecule has 0 saturated carbocycles. The molecule has 1 aromatic carbocycles. The van der Waals surface area contributed by atoms with E-state index in [0.717, 1.165) is 23.2 Å². The van der Waals surface area contributed by atoms with Crippen molar-refractivity contribution in [3.8, 4) is 0 Å². The molecular formula is C17H26N2O. The minimum absolute atomic E-state index is 0.0849. The molecule has 3 heteroatoms. The number of carbonyl (C=O) groups excluding carboxylic acids is 1. The Balaban J connectivity index is 1.77. The fourth-order valence-corrected chi connectivity index (χ4v) is 2.79. The quantitative estimate of drug-likeness (QED) is 0.706. The topological polar surface area (TPSA) is 55.1 Å². The van der Waals surface area contributed by atoms with Gasteiger partial charge in [0.2, 0.25) is 5.91 Å². The zero-order valence-corrected chi connectivity index (χ0v) is 12.5. The molecule has 0 aromatic heterocycles. The van der Waals surface area contributed by atoms with E-state index in [1.54, 1.807) is 0 Å². The van der Waals surface area contributed by atoms with Crippen molar-refractivity contribution in [3.05, 3.63) is 29.3 Å². The summed E-state index contributed by atoms with van der Waals surface area (Å²) >= 11 is 0. The highest BCUT2D eigenvalue weighted by molar-refractivity contribution is 5.99. The molecule has 1 aromatic rings. The third kappa shape index (κ3) is 4.07. The van der Waals surface area contributed by atoms with Gasteiger partial charge in [0.25, 0.3) is 0 Å². The second-order valence-electron chi connectivity index (χ2n) is 5.80. The predicted octanol–water partition coefficient (Wildman–Crippen LogP) is 3.93. The minimum atomic E-state index is 0.0849. The summed E-state index contributed by atoms with van der Waals surface area (Å²) in [5.74, 6) is 0.0849. The van der Waals surface area contributed by atoms with E-state index in [4.69, 9.17) is 5.73 Å². The van der Waals surface area contributed by atoms with Gasteiger partial charge in [-0.25, -0.2) is 0 Å². The average molecular weight is 274 g/mol. The Morgan fingerprint density at radius 2 is 1.95 bits per heavy atom. The maximum absolute atomic E-state index is 11.3. The summed E-state index contributed by atoms with van der Waals surface area (Å²) in [7, 11) is 0. The second-order valence-corrected chi connectivity index (χ2v) is 5.80.